The van der Waals surface area contributed by atoms with Gasteiger partial charge in [-0.2, -0.15) is 9.97 Å². The predicted molar refractivity (Wildman–Crippen MR) is 254 cm³/mol. The van der Waals surface area contributed by atoms with E-state index in [-0.39, 0.29) is 0 Å². The van der Waals surface area contributed by atoms with Gasteiger partial charge in [-0.3, -0.25) is 4.57 Å². The van der Waals surface area contributed by atoms with Crippen molar-refractivity contribution in [3.8, 4) is 51.0 Å². The highest BCUT2D eigenvalue weighted by molar-refractivity contribution is 7.25. The average Bonchev–Trinajstić information content (AvgIpc) is 4.01. The van der Waals surface area contributed by atoms with Crippen molar-refractivity contribution < 1.29 is 4.42 Å². The molecule has 0 N–H and O–H groups in total. The molecule has 0 amide bonds. The number of thiophene rings is 1. The van der Waals surface area contributed by atoms with Crippen LogP contribution in [0.2, 0.25) is 0 Å². The third kappa shape index (κ3) is 5.36. The summed E-state index contributed by atoms with van der Waals surface area (Å²) < 4.78 is 11.2. The van der Waals surface area contributed by atoms with E-state index in [4.69, 9.17) is 19.4 Å². The summed E-state index contributed by atoms with van der Waals surface area (Å²) in [5, 5.41) is 9.38. The Hall–Kier alpha value is -7.93. The van der Waals surface area contributed by atoms with Crippen molar-refractivity contribution in [3.63, 3.8) is 0 Å². The molecule has 0 fully saturated rings. The fourth-order valence-electron chi connectivity index (χ4n) is 9.22. The zero-order valence-electron chi connectivity index (χ0n) is 32.6. The maximum absolute atomic E-state index is 6.35. The van der Waals surface area contributed by atoms with Gasteiger partial charge in [-0.05, 0) is 76.0 Å². The predicted octanol–water partition coefficient (Wildman–Crippen LogP) is 15.1. The van der Waals surface area contributed by atoms with Gasteiger partial charge in [-0.15, -0.1) is 11.3 Å². The summed E-state index contributed by atoms with van der Waals surface area (Å²) in [5.41, 5.74) is 10.0. The Labute approximate surface area is 353 Å². The quantitative estimate of drug-likeness (QED) is 0.174. The number of nitrogens with zero attached hydrogens (tertiary/aromatic N) is 4. The van der Waals surface area contributed by atoms with Crippen molar-refractivity contribution in [3.05, 3.63) is 194 Å². The highest BCUT2D eigenvalue weighted by atomic mass is 32.1. The van der Waals surface area contributed by atoms with Gasteiger partial charge < -0.3 is 4.42 Å². The molecule has 9 aromatic carbocycles. The monoisotopic (exact) mass is 796 g/mol. The van der Waals surface area contributed by atoms with Crippen LogP contribution in [0.5, 0.6) is 0 Å². The maximum atomic E-state index is 6.35. The number of hydrogen-bond acceptors (Lipinski definition) is 5. The molecule has 0 atom stereocenters. The van der Waals surface area contributed by atoms with Gasteiger partial charge in [0.1, 0.15) is 11.2 Å². The van der Waals surface area contributed by atoms with E-state index in [0.29, 0.717) is 17.6 Å². The largest absolute Gasteiger partial charge is 0.456 e. The Bertz CT molecular complexity index is 3900. The van der Waals surface area contributed by atoms with E-state index in [2.05, 4.69) is 162 Å². The van der Waals surface area contributed by atoms with Crippen LogP contribution in [0.15, 0.2) is 199 Å². The number of rotatable bonds is 5. The normalized spacial score (nSPS) is 11.9. The third-order valence-electron chi connectivity index (χ3n) is 12.1. The first-order valence-electron chi connectivity index (χ1n) is 20.4. The lowest BCUT2D eigenvalue weighted by molar-refractivity contribution is 0.669. The molecule has 0 radical (unpaired) electrons. The third-order valence-corrected chi connectivity index (χ3v) is 13.2. The molecule has 6 heteroatoms. The fraction of sp³-hybridized carbons (Fsp3) is 0. The van der Waals surface area contributed by atoms with Crippen LogP contribution >= 0.6 is 11.3 Å². The van der Waals surface area contributed by atoms with Gasteiger partial charge in [-0.25, -0.2) is 4.98 Å². The Morgan fingerprint density at radius 2 is 1.07 bits per heavy atom. The number of furan rings is 1. The van der Waals surface area contributed by atoms with E-state index < -0.39 is 0 Å². The summed E-state index contributed by atoms with van der Waals surface area (Å²) in [6.07, 6.45) is 0. The number of fused-ring (bicyclic) bond motifs is 11. The molecule has 0 saturated heterocycles. The van der Waals surface area contributed by atoms with Crippen molar-refractivity contribution in [2.45, 2.75) is 0 Å². The average molecular weight is 797 g/mol. The van der Waals surface area contributed by atoms with E-state index in [1.54, 1.807) is 0 Å². The fourth-order valence-corrected chi connectivity index (χ4v) is 10.3. The highest BCUT2D eigenvalue weighted by Crippen LogP contribution is 2.43. The molecule has 13 aromatic rings. The van der Waals surface area contributed by atoms with E-state index in [0.717, 1.165) is 71.6 Å². The van der Waals surface area contributed by atoms with Crippen molar-refractivity contribution >= 4 is 86.0 Å². The summed E-state index contributed by atoms with van der Waals surface area (Å²) in [5.74, 6) is 1.71. The Morgan fingerprint density at radius 3 is 1.98 bits per heavy atom. The minimum atomic E-state index is 0.544. The second-order valence-electron chi connectivity index (χ2n) is 15.6. The lowest BCUT2D eigenvalue weighted by Gasteiger charge is -2.13. The van der Waals surface area contributed by atoms with Crippen LogP contribution in [-0.2, 0) is 0 Å². The molecule has 61 heavy (non-hydrogen) atoms. The van der Waals surface area contributed by atoms with Gasteiger partial charge in [0.25, 0.3) is 0 Å². The molecule has 284 valence electrons. The summed E-state index contributed by atoms with van der Waals surface area (Å²) in [6.45, 7) is 0. The SMILES string of the molecule is c1ccc(-c2nc(-c3ccc4c(c3)oc3ccccc34)nc(-n3c4ccc5ccccc5c4c4cccc(-c5cccc(-c6ccc7sc8ccccc8c7c6)c5)c43)n2)cc1. The van der Waals surface area contributed by atoms with Gasteiger partial charge >= 0.3 is 0 Å². The van der Waals surface area contributed by atoms with Crippen LogP contribution in [0.25, 0.3) is 126 Å². The smallest absolute Gasteiger partial charge is 0.238 e. The molecule has 0 aliphatic carbocycles. The molecule has 5 nitrogen and oxygen atoms in total. The molecule has 0 unspecified atom stereocenters. The number of hydrogen-bond donors (Lipinski definition) is 0. The first kappa shape index (κ1) is 34.0. The molecule has 0 bridgehead atoms. The lowest BCUT2D eigenvalue weighted by atomic mass is 9.96. The van der Waals surface area contributed by atoms with Gasteiger partial charge in [0.15, 0.2) is 11.6 Å². The zero-order chi connectivity index (χ0) is 40.0. The lowest BCUT2D eigenvalue weighted by Crippen LogP contribution is -2.07. The van der Waals surface area contributed by atoms with Gasteiger partial charge in [-0.1, -0.05) is 146 Å². The van der Waals surface area contributed by atoms with Gasteiger partial charge in [0, 0.05) is 58.4 Å². The van der Waals surface area contributed by atoms with Crippen molar-refractivity contribution in [2.24, 2.45) is 0 Å². The van der Waals surface area contributed by atoms with E-state index >= 15 is 0 Å². The molecular weight excluding hydrogens is 765 g/mol. The number of benzene rings is 9. The van der Waals surface area contributed by atoms with Gasteiger partial charge in [0.2, 0.25) is 5.95 Å². The second kappa shape index (κ2) is 13.3. The van der Waals surface area contributed by atoms with Crippen molar-refractivity contribution in [1.82, 2.24) is 19.5 Å². The molecule has 4 heterocycles. The zero-order valence-corrected chi connectivity index (χ0v) is 33.4. The molecule has 0 saturated carbocycles. The first-order chi connectivity index (χ1) is 30.2. The van der Waals surface area contributed by atoms with Gasteiger partial charge in [0.05, 0.1) is 11.0 Å². The summed E-state index contributed by atoms with van der Waals surface area (Å²) in [6, 6.07) is 68.7. The Kier molecular flexibility index (Phi) is 7.41. The summed E-state index contributed by atoms with van der Waals surface area (Å²) >= 11 is 1.85. The van der Waals surface area contributed by atoms with E-state index in [1.165, 1.54) is 36.5 Å². The van der Waals surface area contributed by atoms with Crippen LogP contribution in [0.1, 0.15) is 0 Å². The topological polar surface area (TPSA) is 56.7 Å². The maximum Gasteiger partial charge on any atom is 0.238 e. The summed E-state index contributed by atoms with van der Waals surface area (Å²) in [4.78, 5) is 15.8. The van der Waals surface area contributed by atoms with Crippen molar-refractivity contribution in [2.75, 3.05) is 0 Å². The molecular formula is C55H32N4OS. The number of para-hydroxylation sites is 2. The van der Waals surface area contributed by atoms with Crippen LogP contribution in [0.3, 0.4) is 0 Å². The standard InChI is InChI=1S/C55H32N4OS/c1-2-13-34(14-3-1)53-56-54(38-24-27-42-41-18-6-8-22-47(41)60-48(42)32-38)58-55(57-53)59-46-28-25-33-12-4-5-17-39(33)51(46)44-21-11-20-40(52(44)59)37-16-10-15-35(30-37)36-26-29-50-45(31-36)43-19-7-9-23-49(43)61-50/h1-32H. The van der Waals surface area contributed by atoms with Crippen LogP contribution in [0, 0.1) is 0 Å². The molecule has 0 aliphatic heterocycles. The number of aromatic nitrogens is 4. The molecule has 0 spiro atoms. The van der Waals surface area contributed by atoms with Crippen LogP contribution in [-0.4, -0.2) is 19.5 Å². The minimum absolute atomic E-state index is 0.544. The Morgan fingerprint density at radius 1 is 0.393 bits per heavy atom. The molecule has 4 aromatic heterocycles. The molecule has 13 rings (SSSR count). The minimum Gasteiger partial charge on any atom is -0.456 e. The second-order valence-corrected chi connectivity index (χ2v) is 16.6. The molecule has 0 aliphatic rings. The summed E-state index contributed by atoms with van der Waals surface area (Å²) in [7, 11) is 0. The van der Waals surface area contributed by atoms with Crippen LogP contribution < -0.4 is 0 Å². The van der Waals surface area contributed by atoms with Crippen LogP contribution in [0.4, 0.5) is 0 Å². The Balaban J connectivity index is 1.07. The van der Waals surface area contributed by atoms with E-state index in [9.17, 15) is 0 Å². The highest BCUT2D eigenvalue weighted by Gasteiger charge is 2.22. The first-order valence-corrected chi connectivity index (χ1v) is 21.2. The van der Waals surface area contributed by atoms with E-state index in [1.807, 2.05) is 47.7 Å². The van der Waals surface area contributed by atoms with Crippen molar-refractivity contribution in [1.29, 1.82) is 0 Å².